The van der Waals surface area contributed by atoms with Crippen LogP contribution in [-0.4, -0.2) is 30.0 Å². The molecule has 4 nitrogen and oxygen atoms in total. The van der Waals surface area contributed by atoms with Gasteiger partial charge < -0.3 is 15.8 Å². The van der Waals surface area contributed by atoms with Gasteiger partial charge in [-0.05, 0) is 26.0 Å². The van der Waals surface area contributed by atoms with E-state index in [1.54, 1.807) is 13.8 Å². The lowest BCUT2D eigenvalue weighted by molar-refractivity contribution is -0.117. The Morgan fingerprint density at radius 3 is 2.53 bits per heavy atom. The van der Waals surface area contributed by atoms with Crippen LogP contribution in [0.25, 0.3) is 0 Å². The first-order valence-corrected chi connectivity index (χ1v) is 5.55. The predicted molar refractivity (Wildman–Crippen MR) is 63.9 cm³/mol. The summed E-state index contributed by atoms with van der Waals surface area (Å²) in [5, 5.41) is 2.13. The quantitative estimate of drug-likeness (QED) is 0.787. The van der Waals surface area contributed by atoms with Crippen LogP contribution in [0, 0.1) is 0 Å². The van der Waals surface area contributed by atoms with E-state index in [0.29, 0.717) is 0 Å². The molecule has 1 rings (SSSR count). The van der Waals surface area contributed by atoms with E-state index in [1.807, 2.05) is 0 Å². The molecule has 0 aliphatic rings. The molecule has 0 amide bonds. The summed E-state index contributed by atoms with van der Waals surface area (Å²) < 4.78 is 54.7. The number of hydrogen-bond donors (Lipinski definition) is 2. The molecular weight excluding hydrogens is 266 g/mol. The van der Waals surface area contributed by atoms with E-state index in [9.17, 15) is 17.6 Å². The van der Waals surface area contributed by atoms with Gasteiger partial charge in [0.1, 0.15) is 5.82 Å². The summed E-state index contributed by atoms with van der Waals surface area (Å²) in [5.41, 5.74) is 5.82. The molecule has 108 valence electrons. The van der Waals surface area contributed by atoms with Crippen molar-refractivity contribution in [1.29, 1.82) is 0 Å². The van der Waals surface area contributed by atoms with Crippen LogP contribution in [0.2, 0.25) is 0 Å². The number of hydrogen-bond acceptors (Lipinski definition) is 4. The molecule has 0 aliphatic carbocycles. The van der Waals surface area contributed by atoms with Crippen molar-refractivity contribution in [3.05, 3.63) is 12.1 Å². The highest BCUT2D eigenvalue weighted by Crippen LogP contribution is 2.25. The average Bonchev–Trinajstić information content (AvgIpc) is 2.29. The first kappa shape index (κ1) is 15.3. The Morgan fingerprint density at radius 1 is 1.37 bits per heavy atom. The van der Waals surface area contributed by atoms with Gasteiger partial charge in [-0.15, -0.1) is 0 Å². The molecule has 0 spiro atoms. The summed E-state index contributed by atoms with van der Waals surface area (Å²) >= 11 is 0. The van der Waals surface area contributed by atoms with Crippen LogP contribution in [0.15, 0.2) is 12.1 Å². The van der Waals surface area contributed by atoms with E-state index in [2.05, 4.69) is 10.3 Å². The smallest absolute Gasteiger partial charge is 0.324 e. The van der Waals surface area contributed by atoms with E-state index in [1.165, 1.54) is 12.1 Å². The lowest BCUT2D eigenvalue weighted by Crippen LogP contribution is -2.35. The molecule has 1 aromatic rings. The average molecular weight is 281 g/mol. The maximum atomic E-state index is 12.7. The fourth-order valence-electron chi connectivity index (χ4n) is 1.15. The molecule has 3 N–H and O–H groups in total. The summed E-state index contributed by atoms with van der Waals surface area (Å²) in [6, 6.07) is 2.71. The number of anilines is 2. The molecule has 0 saturated carbocycles. The number of alkyl halides is 4. The van der Waals surface area contributed by atoms with Gasteiger partial charge in [0, 0.05) is 0 Å². The summed E-state index contributed by atoms with van der Waals surface area (Å²) in [7, 11) is 0. The highest BCUT2D eigenvalue weighted by Gasteiger charge is 2.40. The van der Waals surface area contributed by atoms with Crippen molar-refractivity contribution in [2.45, 2.75) is 32.3 Å². The minimum absolute atomic E-state index is 0.00910. The highest BCUT2D eigenvalue weighted by molar-refractivity contribution is 5.53. The molecule has 0 fully saturated rings. The van der Waals surface area contributed by atoms with Gasteiger partial charge in [0.25, 0.3) is 0 Å². The Morgan fingerprint density at radius 2 is 2.00 bits per heavy atom. The number of halogens is 4. The van der Waals surface area contributed by atoms with Gasteiger partial charge in [-0.3, -0.25) is 0 Å². The minimum Gasteiger partial charge on any atom is -0.473 e. The van der Waals surface area contributed by atoms with Gasteiger partial charge in [-0.1, -0.05) is 0 Å². The minimum atomic E-state index is -4.12. The molecule has 0 unspecified atom stereocenters. The fraction of sp³-hybridized carbons (Fsp3) is 0.545. The fourth-order valence-corrected chi connectivity index (χ4v) is 1.15. The van der Waals surface area contributed by atoms with Crippen molar-refractivity contribution in [1.82, 2.24) is 4.98 Å². The topological polar surface area (TPSA) is 60.2 Å². The Hall–Kier alpha value is -1.73. The van der Waals surface area contributed by atoms with E-state index < -0.39 is 18.9 Å². The highest BCUT2D eigenvalue weighted by atomic mass is 19.3. The number of nitrogens with one attached hydrogen (secondary N) is 1. The van der Waals surface area contributed by atoms with Crippen LogP contribution in [0.3, 0.4) is 0 Å². The third-order valence-corrected chi connectivity index (χ3v) is 2.06. The maximum absolute atomic E-state index is 12.7. The SMILES string of the molecule is CC(C)Oc1nc(NCC(F)(F)C(F)F)ccc1N. The van der Waals surface area contributed by atoms with Gasteiger partial charge in [0.2, 0.25) is 5.88 Å². The van der Waals surface area contributed by atoms with Crippen molar-refractivity contribution >= 4 is 11.5 Å². The normalized spacial score (nSPS) is 12.0. The van der Waals surface area contributed by atoms with Crippen LogP contribution >= 0.6 is 0 Å². The maximum Gasteiger partial charge on any atom is 0.324 e. The molecule has 19 heavy (non-hydrogen) atoms. The zero-order valence-electron chi connectivity index (χ0n) is 10.5. The molecule has 1 aromatic heterocycles. The summed E-state index contributed by atoms with van der Waals surface area (Å²) in [6.45, 7) is 2.26. The van der Waals surface area contributed by atoms with Crippen LogP contribution in [0.4, 0.5) is 29.1 Å². The third kappa shape index (κ3) is 4.46. The Kier molecular flexibility index (Phi) is 4.79. The Labute approximate surface area is 108 Å². The first-order chi connectivity index (χ1) is 8.72. The zero-order chi connectivity index (χ0) is 14.6. The first-order valence-electron chi connectivity index (χ1n) is 5.55. The predicted octanol–water partition coefficient (Wildman–Crippen LogP) is 2.76. The third-order valence-electron chi connectivity index (χ3n) is 2.06. The van der Waals surface area contributed by atoms with Crippen LogP contribution in [0.5, 0.6) is 5.88 Å². The summed E-state index contributed by atoms with van der Waals surface area (Å²) in [6.07, 6.45) is -3.94. The number of ether oxygens (including phenoxy) is 1. The Bertz CT molecular complexity index is 426. The summed E-state index contributed by atoms with van der Waals surface area (Å²) in [4.78, 5) is 3.84. The molecule has 0 aromatic carbocycles. The standard InChI is InChI=1S/C11H15F4N3O/c1-6(2)19-9-7(16)3-4-8(18-9)17-5-11(14,15)10(12)13/h3-4,6,10H,5,16H2,1-2H3,(H,17,18). The second-order valence-electron chi connectivity index (χ2n) is 4.17. The number of aromatic nitrogens is 1. The van der Waals surface area contributed by atoms with E-state index in [4.69, 9.17) is 10.5 Å². The molecule has 0 bridgehead atoms. The molecule has 0 atom stereocenters. The van der Waals surface area contributed by atoms with Crippen LogP contribution < -0.4 is 15.8 Å². The van der Waals surface area contributed by atoms with Gasteiger partial charge in [-0.25, -0.2) is 8.78 Å². The zero-order valence-corrected chi connectivity index (χ0v) is 10.5. The van der Waals surface area contributed by atoms with E-state index in [-0.39, 0.29) is 23.5 Å². The number of nitrogens with zero attached hydrogens (tertiary/aromatic N) is 1. The second kappa shape index (κ2) is 5.94. The Balaban J connectivity index is 2.75. The van der Waals surface area contributed by atoms with Crippen molar-refractivity contribution in [2.24, 2.45) is 0 Å². The van der Waals surface area contributed by atoms with Gasteiger partial charge in [-0.2, -0.15) is 13.8 Å². The number of pyridine rings is 1. The van der Waals surface area contributed by atoms with Crippen LogP contribution in [-0.2, 0) is 0 Å². The van der Waals surface area contributed by atoms with Crippen molar-refractivity contribution in [2.75, 3.05) is 17.6 Å². The number of nitrogen functional groups attached to an aromatic ring is 1. The van der Waals surface area contributed by atoms with Crippen LogP contribution in [0.1, 0.15) is 13.8 Å². The van der Waals surface area contributed by atoms with Crippen molar-refractivity contribution < 1.29 is 22.3 Å². The number of nitrogens with two attached hydrogens (primary N) is 1. The molecule has 1 heterocycles. The lowest BCUT2D eigenvalue weighted by Gasteiger charge is -2.17. The number of rotatable bonds is 6. The van der Waals surface area contributed by atoms with Gasteiger partial charge >= 0.3 is 12.3 Å². The second-order valence-corrected chi connectivity index (χ2v) is 4.17. The van der Waals surface area contributed by atoms with E-state index >= 15 is 0 Å². The largest absolute Gasteiger partial charge is 0.473 e. The molecule has 0 radical (unpaired) electrons. The van der Waals surface area contributed by atoms with Gasteiger partial charge in [0.05, 0.1) is 18.3 Å². The molecule has 8 heteroatoms. The lowest BCUT2D eigenvalue weighted by atomic mass is 10.3. The van der Waals surface area contributed by atoms with E-state index in [0.717, 1.165) is 0 Å². The van der Waals surface area contributed by atoms with Crippen molar-refractivity contribution in [3.8, 4) is 5.88 Å². The molecule has 0 saturated heterocycles. The van der Waals surface area contributed by atoms with Crippen molar-refractivity contribution in [3.63, 3.8) is 0 Å². The monoisotopic (exact) mass is 281 g/mol. The summed E-state index contributed by atoms with van der Waals surface area (Å²) in [5.74, 6) is -4.06. The molecule has 0 aliphatic heterocycles. The molecular formula is C11H15F4N3O. The van der Waals surface area contributed by atoms with Gasteiger partial charge in [0.15, 0.2) is 0 Å².